The normalized spacial score (nSPS) is 20.0. The maximum Gasteiger partial charge on any atom is 0.153 e. The van der Waals surface area contributed by atoms with Crippen molar-refractivity contribution in [1.29, 1.82) is 0 Å². The fourth-order valence-electron chi connectivity index (χ4n) is 3.85. The van der Waals surface area contributed by atoms with Crippen LogP contribution in [-0.4, -0.2) is 34.3 Å². The predicted molar refractivity (Wildman–Crippen MR) is 96.1 cm³/mol. The highest BCUT2D eigenvalue weighted by atomic mass is 32.2. The minimum Gasteiger partial charge on any atom is -0.392 e. The molecule has 4 rings (SSSR count). The number of hydrogen-bond acceptors (Lipinski definition) is 4. The fraction of sp³-hybridized carbons (Fsp3) is 0.526. The van der Waals surface area contributed by atoms with Gasteiger partial charge in [-0.25, -0.2) is 8.42 Å². The van der Waals surface area contributed by atoms with Gasteiger partial charge >= 0.3 is 0 Å². The number of hydrogen-bond donors (Lipinski definition) is 1. The van der Waals surface area contributed by atoms with Crippen LogP contribution in [0.1, 0.15) is 40.8 Å². The Hall–Kier alpha value is -1.66. The molecule has 2 aromatic rings. The first-order chi connectivity index (χ1) is 11.9. The van der Waals surface area contributed by atoms with E-state index in [1.54, 1.807) is 0 Å². The van der Waals surface area contributed by atoms with Gasteiger partial charge in [0, 0.05) is 11.8 Å². The Kier molecular flexibility index (Phi) is 4.20. The lowest BCUT2D eigenvalue weighted by molar-refractivity contribution is 0.281. The molecule has 0 spiro atoms. The molecule has 0 amide bonds. The summed E-state index contributed by atoms with van der Waals surface area (Å²) in [6.45, 7) is 2.57. The van der Waals surface area contributed by atoms with Gasteiger partial charge in [-0.2, -0.15) is 5.10 Å². The molecule has 0 bridgehead atoms. The number of rotatable bonds is 6. The SMILES string of the molecule is Cc1nn(Cc2ccc3c(c2)C[C@H](CS(=O)(=O)C2CC2)C3)cc1CO. The summed E-state index contributed by atoms with van der Waals surface area (Å²) in [6.07, 6.45) is 5.32. The molecule has 0 aliphatic heterocycles. The molecule has 134 valence electrons. The number of sulfone groups is 1. The molecule has 1 aromatic carbocycles. The highest BCUT2D eigenvalue weighted by Gasteiger charge is 2.38. The van der Waals surface area contributed by atoms with Crippen molar-refractivity contribution in [1.82, 2.24) is 9.78 Å². The van der Waals surface area contributed by atoms with E-state index in [9.17, 15) is 13.5 Å². The van der Waals surface area contributed by atoms with Gasteiger partial charge in [-0.1, -0.05) is 18.2 Å². The van der Waals surface area contributed by atoms with Gasteiger partial charge in [0.2, 0.25) is 0 Å². The van der Waals surface area contributed by atoms with Gasteiger partial charge in [-0.15, -0.1) is 0 Å². The van der Waals surface area contributed by atoms with E-state index in [1.807, 2.05) is 17.8 Å². The van der Waals surface area contributed by atoms with Gasteiger partial charge in [0.15, 0.2) is 9.84 Å². The summed E-state index contributed by atoms with van der Waals surface area (Å²) in [5, 5.41) is 13.7. The third-order valence-corrected chi connectivity index (χ3v) is 7.77. The Morgan fingerprint density at radius 1 is 1.24 bits per heavy atom. The van der Waals surface area contributed by atoms with E-state index in [-0.39, 0.29) is 17.8 Å². The molecule has 1 aromatic heterocycles. The average Bonchev–Trinajstić information content (AvgIpc) is 3.26. The van der Waals surface area contributed by atoms with E-state index in [1.165, 1.54) is 11.1 Å². The first-order valence-electron chi connectivity index (χ1n) is 8.90. The monoisotopic (exact) mass is 360 g/mol. The van der Waals surface area contributed by atoms with E-state index < -0.39 is 9.84 Å². The van der Waals surface area contributed by atoms with Crippen molar-refractivity contribution in [3.63, 3.8) is 0 Å². The third-order valence-electron chi connectivity index (χ3n) is 5.35. The summed E-state index contributed by atoms with van der Waals surface area (Å²) in [6, 6.07) is 6.43. The van der Waals surface area contributed by atoms with Crippen LogP contribution in [0.3, 0.4) is 0 Å². The summed E-state index contributed by atoms with van der Waals surface area (Å²) in [7, 11) is -2.89. The minimum absolute atomic E-state index is 0.00711. The van der Waals surface area contributed by atoms with Crippen LogP contribution in [0.5, 0.6) is 0 Å². The molecule has 1 saturated carbocycles. The molecule has 5 nitrogen and oxygen atoms in total. The van der Waals surface area contributed by atoms with E-state index in [0.717, 1.165) is 42.5 Å². The lowest BCUT2D eigenvalue weighted by Gasteiger charge is -2.08. The highest BCUT2D eigenvalue weighted by molar-refractivity contribution is 7.92. The molecular formula is C19H24N2O3S. The van der Waals surface area contributed by atoms with E-state index in [4.69, 9.17) is 0 Å². The Morgan fingerprint density at radius 3 is 2.68 bits per heavy atom. The number of aliphatic hydroxyl groups is 1. The van der Waals surface area contributed by atoms with Crippen molar-refractivity contribution < 1.29 is 13.5 Å². The Morgan fingerprint density at radius 2 is 2.00 bits per heavy atom. The second-order valence-electron chi connectivity index (χ2n) is 7.50. The second kappa shape index (κ2) is 6.25. The first kappa shape index (κ1) is 16.8. The van der Waals surface area contributed by atoms with E-state index in [2.05, 4.69) is 23.3 Å². The standard InChI is InChI=1S/C19H24N2O3S/c1-13-18(11-22)10-21(20-13)9-14-2-3-16-7-15(8-17(16)6-14)12-25(23,24)19-4-5-19/h2-3,6,10,15,19,22H,4-5,7-9,11-12H2,1H3/t15-/m1/s1. The molecule has 2 aliphatic carbocycles. The summed E-state index contributed by atoms with van der Waals surface area (Å²) in [4.78, 5) is 0. The van der Waals surface area contributed by atoms with Crippen molar-refractivity contribution in [3.8, 4) is 0 Å². The average molecular weight is 360 g/mol. The van der Waals surface area contributed by atoms with Crippen molar-refractivity contribution in [2.75, 3.05) is 5.75 Å². The number of nitrogens with zero attached hydrogens (tertiary/aromatic N) is 2. The lowest BCUT2D eigenvalue weighted by Crippen LogP contribution is -2.19. The number of aryl methyl sites for hydroxylation is 1. The first-order valence-corrected chi connectivity index (χ1v) is 10.6. The van der Waals surface area contributed by atoms with Crippen LogP contribution >= 0.6 is 0 Å². The van der Waals surface area contributed by atoms with Crippen LogP contribution in [-0.2, 0) is 35.8 Å². The maximum absolute atomic E-state index is 12.2. The topological polar surface area (TPSA) is 72.2 Å². The zero-order chi connectivity index (χ0) is 17.6. The quantitative estimate of drug-likeness (QED) is 0.855. The zero-order valence-corrected chi connectivity index (χ0v) is 15.3. The van der Waals surface area contributed by atoms with Gasteiger partial charge in [0.1, 0.15) is 0 Å². The molecule has 0 unspecified atom stereocenters. The van der Waals surface area contributed by atoms with Gasteiger partial charge in [0.25, 0.3) is 0 Å². The lowest BCUT2D eigenvalue weighted by atomic mass is 10.1. The van der Waals surface area contributed by atoms with Crippen molar-refractivity contribution in [3.05, 3.63) is 52.3 Å². The van der Waals surface area contributed by atoms with Crippen LogP contribution in [0.2, 0.25) is 0 Å². The number of benzene rings is 1. The van der Waals surface area contributed by atoms with E-state index in [0.29, 0.717) is 12.3 Å². The molecule has 2 aliphatic rings. The number of aliphatic hydroxyl groups excluding tert-OH is 1. The molecule has 1 N–H and O–H groups in total. The minimum atomic E-state index is -2.89. The predicted octanol–water partition coefficient (Wildman–Crippen LogP) is 2.02. The molecule has 6 heteroatoms. The Balaban J connectivity index is 1.46. The molecule has 1 heterocycles. The van der Waals surface area contributed by atoms with E-state index >= 15 is 0 Å². The second-order valence-corrected chi connectivity index (χ2v) is 9.83. The van der Waals surface area contributed by atoms with Crippen molar-refractivity contribution in [2.24, 2.45) is 5.92 Å². The summed E-state index contributed by atoms with van der Waals surface area (Å²) < 4.78 is 26.3. The number of aromatic nitrogens is 2. The maximum atomic E-state index is 12.2. The molecular weight excluding hydrogens is 336 g/mol. The van der Waals surface area contributed by atoms with Crippen LogP contribution in [0.15, 0.2) is 24.4 Å². The van der Waals surface area contributed by atoms with Crippen molar-refractivity contribution >= 4 is 9.84 Å². The van der Waals surface area contributed by atoms with Crippen LogP contribution < -0.4 is 0 Å². The zero-order valence-electron chi connectivity index (χ0n) is 14.5. The largest absolute Gasteiger partial charge is 0.392 e. The van der Waals surface area contributed by atoms with Crippen molar-refractivity contribution in [2.45, 2.75) is 51.0 Å². The van der Waals surface area contributed by atoms with Crippen LogP contribution in [0.25, 0.3) is 0 Å². The Bertz CT molecular complexity index is 897. The van der Waals surface area contributed by atoms with Crippen LogP contribution in [0.4, 0.5) is 0 Å². The van der Waals surface area contributed by atoms with Gasteiger partial charge in [0.05, 0.1) is 29.8 Å². The fourth-order valence-corrected chi connectivity index (χ4v) is 5.87. The molecule has 25 heavy (non-hydrogen) atoms. The molecule has 0 saturated heterocycles. The summed E-state index contributed by atoms with van der Waals surface area (Å²) in [5.74, 6) is 0.559. The smallest absolute Gasteiger partial charge is 0.153 e. The highest BCUT2D eigenvalue weighted by Crippen LogP contribution is 2.34. The summed E-state index contributed by atoms with van der Waals surface area (Å²) >= 11 is 0. The number of fused-ring (bicyclic) bond motifs is 1. The third kappa shape index (κ3) is 3.51. The van der Waals surface area contributed by atoms with Gasteiger partial charge in [-0.3, -0.25) is 4.68 Å². The van der Waals surface area contributed by atoms with Crippen LogP contribution in [0, 0.1) is 12.8 Å². The molecule has 1 atom stereocenters. The van der Waals surface area contributed by atoms with Gasteiger partial charge < -0.3 is 5.11 Å². The molecule has 1 fully saturated rings. The van der Waals surface area contributed by atoms with Gasteiger partial charge in [-0.05, 0) is 55.2 Å². The molecule has 0 radical (unpaired) electrons. The summed E-state index contributed by atoms with van der Waals surface area (Å²) in [5.41, 5.74) is 5.43. The Labute approximate surface area is 148 Å².